The average Bonchev–Trinajstić information content (AvgIpc) is 3.03. The summed E-state index contributed by atoms with van der Waals surface area (Å²) >= 11 is 0. The summed E-state index contributed by atoms with van der Waals surface area (Å²) in [5.41, 5.74) is 1.79. The van der Waals surface area contributed by atoms with Crippen LogP contribution in [0.1, 0.15) is 22.8 Å². The molecule has 0 spiro atoms. The number of nitro benzene ring substituents is 1. The molecular formula is C20H16N3O8-. The highest BCUT2D eigenvalue weighted by Gasteiger charge is 2.34. The van der Waals surface area contributed by atoms with E-state index in [9.17, 15) is 29.6 Å². The number of carbonyl (C=O) groups excluding carboxylic acids is 3. The van der Waals surface area contributed by atoms with Crippen LogP contribution in [0.3, 0.4) is 0 Å². The van der Waals surface area contributed by atoms with Gasteiger partial charge in [0.05, 0.1) is 36.0 Å². The molecule has 0 saturated carbocycles. The molecule has 0 unspecified atom stereocenters. The standard InChI is InChI=1S/C20H17N3O8/c1-3-31-20(27)11-4-6-13(7-5-11)22-19(26)15(18(25)21-22)9-12-8-14(23(28)29)10-16(30-2)17(12)24/h4-10,24H,3H2,1-2H3,(H,21,25)/p-1/b15-9+. The Bertz CT molecular complexity index is 1110. The van der Waals surface area contributed by atoms with E-state index in [1.807, 2.05) is 0 Å². The minimum absolute atomic E-state index is 0.208. The fourth-order valence-electron chi connectivity index (χ4n) is 2.83. The number of hydrogen-bond donors (Lipinski definition) is 1. The van der Waals surface area contributed by atoms with Gasteiger partial charge in [0, 0.05) is 6.07 Å². The molecule has 0 atom stereocenters. The number of non-ortho nitro benzene ring substituents is 1. The largest absolute Gasteiger partial charge is 0.870 e. The van der Waals surface area contributed by atoms with E-state index < -0.39 is 39.7 Å². The van der Waals surface area contributed by atoms with Crippen LogP contribution in [0.4, 0.5) is 11.4 Å². The average molecular weight is 426 g/mol. The maximum atomic E-state index is 12.7. The highest BCUT2D eigenvalue weighted by molar-refractivity contribution is 6.31. The lowest BCUT2D eigenvalue weighted by atomic mass is 10.1. The van der Waals surface area contributed by atoms with Crippen LogP contribution < -0.4 is 20.3 Å². The number of ether oxygens (including phenoxy) is 2. The van der Waals surface area contributed by atoms with Crippen LogP contribution in [0.5, 0.6) is 11.5 Å². The van der Waals surface area contributed by atoms with Crippen molar-refractivity contribution >= 4 is 35.2 Å². The molecule has 0 radical (unpaired) electrons. The molecule has 1 heterocycles. The van der Waals surface area contributed by atoms with Crippen LogP contribution in [0, 0.1) is 10.1 Å². The topological polar surface area (TPSA) is 151 Å². The summed E-state index contributed by atoms with van der Waals surface area (Å²) in [6.45, 7) is 1.88. The first-order valence-electron chi connectivity index (χ1n) is 8.94. The zero-order valence-corrected chi connectivity index (χ0v) is 16.4. The quantitative estimate of drug-likeness (QED) is 0.239. The molecule has 31 heavy (non-hydrogen) atoms. The lowest BCUT2D eigenvalue weighted by Gasteiger charge is -2.16. The van der Waals surface area contributed by atoms with Crippen LogP contribution in [0.15, 0.2) is 42.0 Å². The highest BCUT2D eigenvalue weighted by atomic mass is 16.6. The molecule has 0 aliphatic carbocycles. The van der Waals surface area contributed by atoms with Gasteiger partial charge >= 0.3 is 5.97 Å². The molecule has 1 aliphatic heterocycles. The summed E-state index contributed by atoms with van der Waals surface area (Å²) in [5, 5.41) is 24.4. The van der Waals surface area contributed by atoms with Crippen molar-refractivity contribution in [3.63, 3.8) is 0 Å². The first-order chi connectivity index (χ1) is 14.8. The Morgan fingerprint density at radius 3 is 2.48 bits per heavy atom. The summed E-state index contributed by atoms with van der Waals surface area (Å²) in [7, 11) is 1.17. The van der Waals surface area contributed by atoms with E-state index in [2.05, 4.69) is 5.43 Å². The van der Waals surface area contributed by atoms with Crippen molar-refractivity contribution in [2.24, 2.45) is 0 Å². The SMILES string of the molecule is CCOC(=O)c1ccc(N2NC(=O)/C(=C\c3cc([N+](=O)[O-])cc(OC)c3[O-])C2=O)cc1. The van der Waals surface area contributed by atoms with E-state index in [-0.39, 0.29) is 29.2 Å². The second kappa shape index (κ2) is 8.53. The van der Waals surface area contributed by atoms with Gasteiger partial charge in [-0.25, -0.2) is 9.80 Å². The van der Waals surface area contributed by atoms with Gasteiger partial charge in [0.15, 0.2) is 0 Å². The number of benzene rings is 2. The van der Waals surface area contributed by atoms with Crippen molar-refractivity contribution in [3.05, 3.63) is 63.2 Å². The predicted molar refractivity (Wildman–Crippen MR) is 105 cm³/mol. The summed E-state index contributed by atoms with van der Waals surface area (Å²) in [5.74, 6) is -3.12. The van der Waals surface area contributed by atoms with Crippen LogP contribution in [-0.4, -0.2) is 36.4 Å². The molecule has 160 valence electrons. The summed E-state index contributed by atoms with van der Waals surface area (Å²) < 4.78 is 9.74. The number of nitro groups is 1. The van der Waals surface area contributed by atoms with Crippen LogP contribution in [0.2, 0.25) is 0 Å². The third kappa shape index (κ3) is 4.15. The van der Waals surface area contributed by atoms with Gasteiger partial charge in [-0.3, -0.25) is 25.1 Å². The molecule has 1 N–H and O–H groups in total. The molecule has 2 aromatic rings. The summed E-state index contributed by atoms with van der Waals surface area (Å²) in [6, 6.07) is 7.63. The third-order valence-corrected chi connectivity index (χ3v) is 4.33. The number of esters is 1. The predicted octanol–water partition coefficient (Wildman–Crippen LogP) is 1.32. The second-order valence-corrected chi connectivity index (χ2v) is 6.23. The van der Waals surface area contributed by atoms with Gasteiger partial charge in [-0.15, -0.1) is 0 Å². The van der Waals surface area contributed by atoms with Gasteiger partial charge < -0.3 is 14.6 Å². The number of nitrogens with one attached hydrogen (secondary N) is 1. The van der Waals surface area contributed by atoms with E-state index in [1.54, 1.807) is 6.92 Å². The summed E-state index contributed by atoms with van der Waals surface area (Å²) in [4.78, 5) is 47.2. The number of anilines is 1. The van der Waals surface area contributed by atoms with Crippen LogP contribution >= 0.6 is 0 Å². The fraction of sp³-hybridized carbons (Fsp3) is 0.150. The number of amides is 2. The zero-order chi connectivity index (χ0) is 22.7. The van der Waals surface area contributed by atoms with Gasteiger partial charge in [0.1, 0.15) is 11.3 Å². The Labute approximate surface area is 175 Å². The number of rotatable bonds is 6. The Morgan fingerprint density at radius 2 is 1.90 bits per heavy atom. The first-order valence-corrected chi connectivity index (χ1v) is 8.94. The molecular weight excluding hydrogens is 410 g/mol. The van der Waals surface area contributed by atoms with Gasteiger partial charge in [-0.05, 0) is 42.8 Å². The Hall–Kier alpha value is -4.41. The van der Waals surface area contributed by atoms with Crippen molar-refractivity contribution in [3.8, 4) is 11.5 Å². The number of nitrogens with zero attached hydrogens (tertiary/aromatic N) is 2. The normalized spacial score (nSPS) is 14.5. The van der Waals surface area contributed by atoms with Gasteiger partial charge in [-0.1, -0.05) is 5.75 Å². The van der Waals surface area contributed by atoms with Gasteiger partial charge in [0.25, 0.3) is 17.5 Å². The second-order valence-electron chi connectivity index (χ2n) is 6.23. The van der Waals surface area contributed by atoms with E-state index >= 15 is 0 Å². The molecule has 0 aromatic heterocycles. The highest BCUT2D eigenvalue weighted by Crippen LogP contribution is 2.34. The molecule has 2 amide bonds. The minimum Gasteiger partial charge on any atom is -0.870 e. The molecule has 11 nitrogen and oxygen atoms in total. The smallest absolute Gasteiger partial charge is 0.338 e. The number of carbonyl (C=O) groups is 3. The van der Waals surface area contributed by atoms with Crippen molar-refractivity contribution in [2.75, 3.05) is 18.7 Å². The van der Waals surface area contributed by atoms with Crippen molar-refractivity contribution < 1.29 is 33.9 Å². The van der Waals surface area contributed by atoms with E-state index in [1.165, 1.54) is 31.4 Å². The molecule has 3 rings (SSSR count). The molecule has 1 aliphatic rings. The fourth-order valence-corrected chi connectivity index (χ4v) is 2.83. The Morgan fingerprint density at radius 1 is 1.23 bits per heavy atom. The van der Waals surface area contributed by atoms with Crippen molar-refractivity contribution in [2.45, 2.75) is 6.92 Å². The Balaban J connectivity index is 1.94. The third-order valence-electron chi connectivity index (χ3n) is 4.33. The summed E-state index contributed by atoms with van der Waals surface area (Å²) in [6.07, 6.45) is 0.975. The Kier molecular flexibility index (Phi) is 5.86. The van der Waals surface area contributed by atoms with E-state index in [0.717, 1.165) is 23.2 Å². The number of hydrazine groups is 1. The van der Waals surface area contributed by atoms with E-state index in [4.69, 9.17) is 9.47 Å². The molecule has 0 bridgehead atoms. The lowest BCUT2D eigenvalue weighted by molar-refractivity contribution is -0.385. The van der Waals surface area contributed by atoms with Gasteiger partial charge in [0.2, 0.25) is 0 Å². The molecule has 2 aromatic carbocycles. The maximum absolute atomic E-state index is 12.7. The van der Waals surface area contributed by atoms with Crippen molar-refractivity contribution in [1.82, 2.24) is 5.43 Å². The monoisotopic (exact) mass is 426 g/mol. The van der Waals surface area contributed by atoms with Crippen LogP contribution in [0.25, 0.3) is 6.08 Å². The molecule has 11 heteroatoms. The molecule has 1 saturated heterocycles. The van der Waals surface area contributed by atoms with E-state index in [0.29, 0.717) is 0 Å². The first kappa shape index (κ1) is 21.3. The number of hydrogen-bond acceptors (Lipinski definition) is 8. The minimum atomic E-state index is -0.802. The maximum Gasteiger partial charge on any atom is 0.338 e. The number of methoxy groups -OCH3 is 1. The van der Waals surface area contributed by atoms with Gasteiger partial charge in [-0.2, -0.15) is 0 Å². The van der Waals surface area contributed by atoms with Crippen LogP contribution in [-0.2, 0) is 14.3 Å². The molecule has 1 fully saturated rings. The lowest BCUT2D eigenvalue weighted by Crippen LogP contribution is -2.35. The zero-order valence-electron chi connectivity index (χ0n) is 16.4. The van der Waals surface area contributed by atoms with Crippen molar-refractivity contribution in [1.29, 1.82) is 0 Å².